The summed E-state index contributed by atoms with van der Waals surface area (Å²) in [7, 11) is 0. The second-order valence-corrected chi connectivity index (χ2v) is 6.44. The molecule has 1 amide bonds. The summed E-state index contributed by atoms with van der Waals surface area (Å²) in [6.45, 7) is 6.15. The Morgan fingerprint density at radius 2 is 1.74 bits per heavy atom. The Morgan fingerprint density at radius 1 is 1.13 bits per heavy atom. The van der Waals surface area contributed by atoms with Crippen LogP contribution in [0.3, 0.4) is 0 Å². The normalized spacial score (nSPS) is 12.1. The number of amides is 1. The molecule has 0 spiro atoms. The average molecular weight is 328 g/mol. The van der Waals surface area contributed by atoms with Crippen LogP contribution in [0.1, 0.15) is 38.8 Å². The van der Waals surface area contributed by atoms with Gasteiger partial charge in [0.2, 0.25) is 0 Å². The smallest absolute Gasteiger partial charge is 0.407 e. The number of aryl methyl sites for hydroxylation is 1. The molecule has 1 aromatic rings. The highest BCUT2D eigenvalue weighted by Gasteiger charge is 2.30. The first-order valence-corrected chi connectivity index (χ1v) is 7.75. The van der Waals surface area contributed by atoms with Crippen molar-refractivity contribution in [2.75, 3.05) is 13.1 Å². The van der Waals surface area contributed by atoms with Gasteiger partial charge in [-0.15, -0.1) is 0 Å². The minimum absolute atomic E-state index is 0.367. The fourth-order valence-corrected chi connectivity index (χ4v) is 2.03. The molecule has 0 fully saturated rings. The van der Waals surface area contributed by atoms with Gasteiger partial charge in [0, 0.05) is 6.54 Å². The number of carbonyl (C=O) groups excluding carboxylic acids is 1. The number of rotatable bonds is 7. The zero-order chi connectivity index (χ0) is 17.5. The molecule has 2 N–H and O–H groups in total. The van der Waals surface area contributed by atoms with Crippen LogP contribution in [0.5, 0.6) is 0 Å². The number of carbonyl (C=O) groups is 1. The van der Waals surface area contributed by atoms with Gasteiger partial charge in [0.1, 0.15) is 5.60 Å². The van der Waals surface area contributed by atoms with Crippen LogP contribution in [0, 0.1) is 0 Å². The maximum absolute atomic E-state index is 13.8. The van der Waals surface area contributed by atoms with E-state index in [0.717, 1.165) is 17.5 Å². The van der Waals surface area contributed by atoms with E-state index in [1.54, 1.807) is 20.8 Å². The van der Waals surface area contributed by atoms with Crippen LogP contribution in [-0.2, 0) is 17.7 Å². The van der Waals surface area contributed by atoms with E-state index >= 15 is 0 Å². The monoisotopic (exact) mass is 328 g/mol. The Balaban J connectivity index is 2.39. The van der Waals surface area contributed by atoms with Crippen molar-refractivity contribution < 1.29 is 18.3 Å². The minimum Gasteiger partial charge on any atom is -0.444 e. The van der Waals surface area contributed by atoms with E-state index in [1.165, 1.54) is 0 Å². The first-order chi connectivity index (χ1) is 10.6. The Labute approximate surface area is 136 Å². The molecule has 0 atom stereocenters. The van der Waals surface area contributed by atoms with Crippen molar-refractivity contribution in [1.29, 1.82) is 0 Å². The first kappa shape index (κ1) is 19.4. The van der Waals surface area contributed by atoms with Crippen LogP contribution in [0.4, 0.5) is 13.6 Å². The zero-order valence-electron chi connectivity index (χ0n) is 14.2. The van der Waals surface area contributed by atoms with Crippen LogP contribution in [0.25, 0.3) is 0 Å². The lowest BCUT2D eigenvalue weighted by molar-refractivity contribution is -0.00377. The van der Waals surface area contributed by atoms with Crippen LogP contribution in [0.15, 0.2) is 24.3 Å². The summed E-state index contributed by atoms with van der Waals surface area (Å²) >= 11 is 0. The van der Waals surface area contributed by atoms with Crippen molar-refractivity contribution in [2.24, 2.45) is 0 Å². The van der Waals surface area contributed by atoms with E-state index in [-0.39, 0.29) is 0 Å². The predicted octanol–water partition coefficient (Wildman–Crippen LogP) is 3.50. The molecule has 0 radical (unpaired) electrons. The fourth-order valence-electron chi connectivity index (χ4n) is 2.03. The standard InChI is InChI=1S/C17H26F2N2O2/c1-5-13-8-6-7-9-14(13)10-20-11-17(18,19)12-21-15(22)23-16(2,3)4/h6-9,20H,5,10-12H2,1-4H3,(H,21,22). The van der Waals surface area contributed by atoms with Crippen molar-refractivity contribution in [1.82, 2.24) is 10.6 Å². The van der Waals surface area contributed by atoms with Crippen molar-refractivity contribution in [3.63, 3.8) is 0 Å². The maximum Gasteiger partial charge on any atom is 0.407 e. The molecule has 1 aromatic carbocycles. The summed E-state index contributed by atoms with van der Waals surface area (Å²) in [5.41, 5.74) is 1.43. The second-order valence-electron chi connectivity index (χ2n) is 6.44. The molecule has 0 aliphatic heterocycles. The molecule has 0 heterocycles. The SMILES string of the molecule is CCc1ccccc1CNCC(F)(F)CNC(=O)OC(C)(C)C. The highest BCUT2D eigenvalue weighted by molar-refractivity contribution is 5.67. The molecule has 0 saturated heterocycles. The summed E-state index contributed by atoms with van der Waals surface area (Å²) in [5.74, 6) is -3.04. The second kappa shape index (κ2) is 8.24. The molecule has 0 aliphatic carbocycles. The van der Waals surface area contributed by atoms with E-state index in [0.29, 0.717) is 6.54 Å². The van der Waals surface area contributed by atoms with Gasteiger partial charge < -0.3 is 15.4 Å². The number of benzene rings is 1. The molecule has 0 saturated carbocycles. The number of hydrogen-bond donors (Lipinski definition) is 2. The highest BCUT2D eigenvalue weighted by atomic mass is 19.3. The number of alkyl carbamates (subject to hydrolysis) is 1. The highest BCUT2D eigenvalue weighted by Crippen LogP contribution is 2.13. The number of alkyl halides is 2. The molecule has 23 heavy (non-hydrogen) atoms. The topological polar surface area (TPSA) is 50.4 Å². The van der Waals surface area contributed by atoms with Crippen LogP contribution in [-0.4, -0.2) is 30.7 Å². The first-order valence-electron chi connectivity index (χ1n) is 7.75. The van der Waals surface area contributed by atoms with E-state index in [1.807, 2.05) is 31.2 Å². The van der Waals surface area contributed by atoms with Gasteiger partial charge >= 0.3 is 6.09 Å². The Bertz CT molecular complexity index is 514. The largest absolute Gasteiger partial charge is 0.444 e. The van der Waals surface area contributed by atoms with Crippen LogP contribution in [0.2, 0.25) is 0 Å². The third kappa shape index (κ3) is 7.93. The summed E-state index contributed by atoms with van der Waals surface area (Å²) in [6, 6.07) is 7.72. The van der Waals surface area contributed by atoms with Gasteiger partial charge in [0.15, 0.2) is 0 Å². The van der Waals surface area contributed by atoms with Gasteiger partial charge in [-0.1, -0.05) is 31.2 Å². The molecule has 130 valence electrons. The zero-order valence-corrected chi connectivity index (χ0v) is 14.2. The number of halogens is 2. The molecule has 1 rings (SSSR count). The van der Waals surface area contributed by atoms with Crippen LogP contribution >= 0.6 is 0 Å². The van der Waals surface area contributed by atoms with E-state index in [2.05, 4.69) is 10.6 Å². The molecule has 0 aromatic heterocycles. The molecule has 0 aliphatic rings. The Hall–Kier alpha value is -1.69. The lowest BCUT2D eigenvalue weighted by Crippen LogP contribution is -2.44. The molecule has 6 heteroatoms. The third-order valence-corrected chi connectivity index (χ3v) is 3.09. The number of hydrogen-bond acceptors (Lipinski definition) is 3. The van der Waals surface area contributed by atoms with Crippen LogP contribution < -0.4 is 10.6 Å². The lowest BCUT2D eigenvalue weighted by Gasteiger charge is -2.22. The lowest BCUT2D eigenvalue weighted by atomic mass is 10.1. The quantitative estimate of drug-likeness (QED) is 0.805. The fraction of sp³-hybridized carbons (Fsp3) is 0.588. The predicted molar refractivity (Wildman–Crippen MR) is 86.7 cm³/mol. The van der Waals surface area contributed by atoms with E-state index in [9.17, 15) is 13.6 Å². The van der Waals surface area contributed by atoms with Gasteiger partial charge in [-0.2, -0.15) is 0 Å². The molecular weight excluding hydrogens is 302 g/mol. The van der Waals surface area contributed by atoms with Crippen molar-refractivity contribution in [3.05, 3.63) is 35.4 Å². The van der Waals surface area contributed by atoms with Gasteiger partial charge in [-0.3, -0.25) is 0 Å². The number of ether oxygens (including phenoxy) is 1. The summed E-state index contributed by atoms with van der Waals surface area (Å²) in [4.78, 5) is 11.4. The molecule has 0 bridgehead atoms. The Kier molecular flexibility index (Phi) is 6.94. The average Bonchev–Trinajstić information content (AvgIpc) is 2.44. The van der Waals surface area contributed by atoms with E-state index in [4.69, 9.17) is 4.74 Å². The summed E-state index contributed by atoms with van der Waals surface area (Å²) in [5, 5.41) is 4.85. The van der Waals surface area contributed by atoms with Crippen molar-refractivity contribution in [3.8, 4) is 0 Å². The van der Waals surface area contributed by atoms with Gasteiger partial charge in [0.25, 0.3) is 5.92 Å². The molecule has 0 unspecified atom stereocenters. The van der Waals surface area contributed by atoms with Gasteiger partial charge in [0.05, 0.1) is 13.1 Å². The van der Waals surface area contributed by atoms with E-state index < -0.39 is 30.7 Å². The number of nitrogens with one attached hydrogen (secondary N) is 2. The van der Waals surface area contributed by atoms with Gasteiger partial charge in [-0.25, -0.2) is 13.6 Å². The van der Waals surface area contributed by atoms with Crippen molar-refractivity contribution in [2.45, 2.75) is 52.2 Å². The summed E-state index contributed by atoms with van der Waals surface area (Å²) in [6.07, 6.45) is 0.0163. The maximum atomic E-state index is 13.8. The Morgan fingerprint density at radius 3 is 2.30 bits per heavy atom. The molecular formula is C17H26F2N2O2. The summed E-state index contributed by atoms with van der Waals surface area (Å²) < 4.78 is 32.5. The minimum atomic E-state index is -3.04. The van der Waals surface area contributed by atoms with Crippen molar-refractivity contribution >= 4 is 6.09 Å². The third-order valence-electron chi connectivity index (χ3n) is 3.09. The molecule has 4 nitrogen and oxygen atoms in total. The van der Waals surface area contributed by atoms with Gasteiger partial charge in [-0.05, 0) is 38.3 Å².